The van der Waals surface area contributed by atoms with Crippen LogP contribution in [-0.2, 0) is 30.5 Å². The number of aromatic nitrogens is 2. The molecular formula is C34H34F4N6OS. The van der Waals surface area contributed by atoms with Gasteiger partial charge in [0.25, 0.3) is 0 Å². The smallest absolute Gasteiger partial charge is 0.330 e. The highest BCUT2D eigenvalue weighted by atomic mass is 32.1. The van der Waals surface area contributed by atoms with Gasteiger partial charge in [0.1, 0.15) is 11.6 Å². The number of hydrogen-bond donors (Lipinski definition) is 2. The summed E-state index contributed by atoms with van der Waals surface area (Å²) in [5, 5.41) is 11.7. The lowest BCUT2D eigenvalue weighted by Gasteiger charge is -2.38. The van der Waals surface area contributed by atoms with Gasteiger partial charge in [0.05, 0.1) is 41.3 Å². The topological polar surface area (TPSA) is 100.0 Å². The fourth-order valence-corrected chi connectivity index (χ4v) is 5.58. The van der Waals surface area contributed by atoms with Crippen LogP contribution in [0.1, 0.15) is 48.2 Å². The molecule has 1 unspecified atom stereocenters. The highest BCUT2D eigenvalue weighted by Gasteiger charge is 2.38. The van der Waals surface area contributed by atoms with Crippen molar-refractivity contribution < 1.29 is 22.4 Å². The molecule has 3 aromatic carbocycles. The van der Waals surface area contributed by atoms with Crippen molar-refractivity contribution in [2.45, 2.75) is 52.1 Å². The molecule has 1 heterocycles. The molecule has 4 aromatic rings. The van der Waals surface area contributed by atoms with Crippen molar-refractivity contribution in [3.05, 3.63) is 119 Å². The molecule has 0 amide bonds. The Labute approximate surface area is 270 Å². The number of hydrogen-bond acceptors (Lipinski definition) is 5. The highest BCUT2D eigenvalue weighted by Crippen LogP contribution is 2.33. The van der Waals surface area contributed by atoms with Gasteiger partial charge in [0.2, 0.25) is 0 Å². The molecule has 4 rings (SSSR count). The predicted molar refractivity (Wildman–Crippen MR) is 172 cm³/mol. The maximum atomic E-state index is 14.6. The third-order valence-electron chi connectivity index (χ3n) is 7.99. The summed E-state index contributed by atoms with van der Waals surface area (Å²) in [6.45, 7) is 3.77. The Morgan fingerprint density at radius 1 is 1.11 bits per heavy atom. The Morgan fingerprint density at radius 3 is 2.43 bits per heavy atom. The molecule has 3 atom stereocenters. The van der Waals surface area contributed by atoms with Gasteiger partial charge in [-0.25, -0.2) is 9.37 Å². The molecule has 46 heavy (non-hydrogen) atoms. The molecule has 0 aliphatic heterocycles. The number of para-hydroxylation sites is 1. The van der Waals surface area contributed by atoms with Crippen LogP contribution in [0.2, 0.25) is 0 Å². The number of nitriles is 1. The van der Waals surface area contributed by atoms with E-state index < -0.39 is 29.6 Å². The van der Waals surface area contributed by atoms with Crippen molar-refractivity contribution in [2.75, 3.05) is 5.32 Å². The monoisotopic (exact) mass is 650 g/mol. The van der Waals surface area contributed by atoms with Crippen molar-refractivity contribution >= 4 is 28.8 Å². The summed E-state index contributed by atoms with van der Waals surface area (Å²) in [7, 11) is 0. The van der Waals surface area contributed by atoms with Gasteiger partial charge in [-0.15, -0.1) is 0 Å². The first-order chi connectivity index (χ1) is 21.9. The van der Waals surface area contributed by atoms with E-state index in [4.69, 9.17) is 23.2 Å². The van der Waals surface area contributed by atoms with Gasteiger partial charge in [0.15, 0.2) is 5.11 Å². The molecule has 240 valence electrons. The fourth-order valence-electron chi connectivity index (χ4n) is 5.29. The van der Waals surface area contributed by atoms with Crippen LogP contribution in [0.25, 0.3) is 0 Å². The largest absolute Gasteiger partial charge is 0.416 e. The summed E-state index contributed by atoms with van der Waals surface area (Å²) in [5.41, 5.74) is 7.92. The number of imidazole rings is 1. The van der Waals surface area contributed by atoms with E-state index in [1.807, 2.05) is 30.5 Å². The van der Waals surface area contributed by atoms with Crippen LogP contribution in [0.5, 0.6) is 0 Å². The quantitative estimate of drug-likeness (QED) is 0.0976. The van der Waals surface area contributed by atoms with E-state index in [0.29, 0.717) is 24.2 Å². The highest BCUT2D eigenvalue weighted by molar-refractivity contribution is 7.80. The van der Waals surface area contributed by atoms with Gasteiger partial charge in [0, 0.05) is 31.4 Å². The van der Waals surface area contributed by atoms with Crippen molar-refractivity contribution in [3.63, 3.8) is 0 Å². The zero-order valence-corrected chi connectivity index (χ0v) is 26.2. The third-order valence-corrected chi connectivity index (χ3v) is 8.32. The lowest BCUT2D eigenvalue weighted by atomic mass is 9.83. The molecule has 12 heteroatoms. The molecule has 1 aromatic heterocycles. The second-order valence-corrected chi connectivity index (χ2v) is 11.4. The lowest BCUT2D eigenvalue weighted by molar-refractivity contribution is -0.138. The normalized spacial score (nSPS) is 13.3. The maximum Gasteiger partial charge on any atom is 0.416 e. The van der Waals surface area contributed by atoms with Crippen LogP contribution in [0, 0.1) is 29.0 Å². The number of nitrogens with one attached hydrogen (secondary N) is 1. The number of nitrogens with zero attached hydrogens (tertiary/aromatic N) is 4. The maximum absolute atomic E-state index is 14.6. The van der Waals surface area contributed by atoms with Gasteiger partial charge < -0.3 is 20.5 Å². The minimum absolute atomic E-state index is 0.0203. The number of halogens is 4. The fraction of sp³-hybridized carbons (Fsp3) is 0.294. The van der Waals surface area contributed by atoms with Crippen molar-refractivity contribution in [3.8, 4) is 6.07 Å². The zero-order chi connectivity index (χ0) is 33.4. The summed E-state index contributed by atoms with van der Waals surface area (Å²) in [6.07, 6.45) is -2.11. The molecular weight excluding hydrogens is 616 g/mol. The van der Waals surface area contributed by atoms with Crippen LogP contribution in [0.15, 0.2) is 85.3 Å². The summed E-state index contributed by atoms with van der Waals surface area (Å²) >= 11 is 5.63. The van der Waals surface area contributed by atoms with Crippen LogP contribution in [0.3, 0.4) is 0 Å². The minimum atomic E-state index is -4.65. The first kappa shape index (κ1) is 34.3. The van der Waals surface area contributed by atoms with Crippen LogP contribution >= 0.6 is 12.2 Å². The van der Waals surface area contributed by atoms with E-state index in [1.54, 1.807) is 30.7 Å². The number of thiocarbonyl (C=S) groups is 1. The Bertz CT molecular complexity index is 1700. The number of ketones is 1. The SMILES string of the molecule is CC[C@H](C)[C@H](C(=O)Cc1cncn1Cc1ccc(C#N)cc1)C(N)N(Cc1ccccc1C(F)(F)F)C(=S)Nc1ccccc1F. The second kappa shape index (κ2) is 15.1. The number of nitrogens with two attached hydrogens (primary N) is 1. The number of carbonyl (C=O) groups is 1. The molecule has 0 aliphatic carbocycles. The van der Waals surface area contributed by atoms with Crippen molar-refractivity contribution in [1.82, 2.24) is 14.5 Å². The summed E-state index contributed by atoms with van der Waals surface area (Å²) in [5.74, 6) is -2.00. The van der Waals surface area contributed by atoms with Gasteiger partial charge in [-0.05, 0) is 59.6 Å². The average Bonchev–Trinajstić information content (AvgIpc) is 3.46. The Balaban J connectivity index is 1.66. The first-order valence-corrected chi connectivity index (χ1v) is 15.1. The van der Waals surface area contributed by atoms with Crippen molar-refractivity contribution in [2.24, 2.45) is 17.6 Å². The van der Waals surface area contributed by atoms with Gasteiger partial charge in [-0.1, -0.05) is 62.7 Å². The van der Waals surface area contributed by atoms with E-state index in [0.717, 1.165) is 11.6 Å². The lowest BCUT2D eigenvalue weighted by Crippen LogP contribution is -2.55. The van der Waals surface area contributed by atoms with E-state index in [9.17, 15) is 22.4 Å². The molecule has 0 bridgehead atoms. The Morgan fingerprint density at radius 2 is 1.78 bits per heavy atom. The van der Waals surface area contributed by atoms with Gasteiger partial charge in [-0.3, -0.25) is 4.79 Å². The Hall–Kier alpha value is -4.60. The molecule has 3 N–H and O–H groups in total. The number of anilines is 1. The molecule has 7 nitrogen and oxygen atoms in total. The summed E-state index contributed by atoms with van der Waals surface area (Å²) in [4.78, 5) is 19.6. The third kappa shape index (κ3) is 8.35. The molecule has 0 aliphatic rings. The predicted octanol–water partition coefficient (Wildman–Crippen LogP) is 6.92. The molecule has 0 saturated carbocycles. The summed E-state index contributed by atoms with van der Waals surface area (Å²) in [6, 6.07) is 20.0. The van der Waals surface area contributed by atoms with Crippen molar-refractivity contribution in [1.29, 1.82) is 5.26 Å². The number of alkyl halides is 3. The molecule has 0 fully saturated rings. The number of benzene rings is 3. The zero-order valence-electron chi connectivity index (χ0n) is 25.3. The van der Waals surface area contributed by atoms with E-state index in [1.165, 1.54) is 41.3 Å². The van der Waals surface area contributed by atoms with Crippen LogP contribution in [0.4, 0.5) is 23.2 Å². The first-order valence-electron chi connectivity index (χ1n) is 14.7. The van der Waals surface area contributed by atoms with Crippen LogP contribution < -0.4 is 11.1 Å². The standard InChI is InChI=1S/C34H34F4N6OS/c1-3-22(2)31(30(45)16-26-18-41-21-43(26)19-24-14-12-23(17-39)13-15-24)32(40)44(33(46)42-29-11-7-6-10-28(29)35)20-25-8-4-5-9-27(25)34(36,37)38/h4-15,18,21-22,31-32H,3,16,19-20,40H2,1-2H3,(H,42,46)/t22-,31+,32?/m0/s1. The van der Waals surface area contributed by atoms with Crippen LogP contribution in [-0.4, -0.2) is 31.5 Å². The number of Topliss-reactive ketones (excluding diaryl/α,β-unsaturated/α-hetero) is 1. The average molecular weight is 651 g/mol. The van der Waals surface area contributed by atoms with E-state index in [2.05, 4.69) is 16.4 Å². The summed E-state index contributed by atoms with van der Waals surface area (Å²) < 4.78 is 58.4. The van der Waals surface area contributed by atoms with Gasteiger partial charge in [-0.2, -0.15) is 18.4 Å². The Kier molecular flexibility index (Phi) is 11.3. The molecule has 0 radical (unpaired) electrons. The van der Waals surface area contributed by atoms with E-state index in [-0.39, 0.29) is 41.0 Å². The number of carbonyl (C=O) groups excluding carboxylic acids is 1. The second-order valence-electron chi connectivity index (χ2n) is 11.1. The van der Waals surface area contributed by atoms with E-state index >= 15 is 0 Å². The minimum Gasteiger partial charge on any atom is -0.330 e. The van der Waals surface area contributed by atoms with Gasteiger partial charge >= 0.3 is 6.18 Å². The molecule has 0 spiro atoms. The molecule has 0 saturated heterocycles. The number of rotatable bonds is 12.